The van der Waals surface area contributed by atoms with Gasteiger partial charge in [-0.1, -0.05) is 19.1 Å². The lowest BCUT2D eigenvalue weighted by Gasteiger charge is -2.32. The molecule has 122 valence electrons. The standard InChI is InChI=1S/C18H22N2O2S/c1-2-17-19-16(12-23-17)11-20-8-4-7-15(10-20)13-5-3-6-14(9-13)18(21)22/h3,5-6,9,12,15H,2,4,7-8,10-11H2,1H3,(H,21,22). The van der Waals surface area contributed by atoms with Crippen molar-refractivity contribution in [3.05, 3.63) is 51.5 Å². The van der Waals surface area contributed by atoms with E-state index in [1.165, 1.54) is 5.01 Å². The number of thiazole rings is 1. The summed E-state index contributed by atoms with van der Waals surface area (Å²) in [5, 5.41) is 12.5. The zero-order valence-corrected chi connectivity index (χ0v) is 14.2. The molecule has 1 aliphatic heterocycles. The second-order valence-electron chi connectivity index (χ2n) is 6.09. The first-order valence-corrected chi connectivity index (χ1v) is 9.02. The van der Waals surface area contributed by atoms with Crippen LogP contribution in [0.3, 0.4) is 0 Å². The summed E-state index contributed by atoms with van der Waals surface area (Å²) in [7, 11) is 0. The van der Waals surface area contributed by atoms with Crippen LogP contribution in [-0.4, -0.2) is 34.0 Å². The SMILES string of the molecule is CCc1nc(CN2CCCC(c3cccc(C(=O)O)c3)C2)cs1. The summed E-state index contributed by atoms with van der Waals surface area (Å²) in [5.74, 6) is -0.443. The number of piperidine rings is 1. The molecule has 1 fully saturated rings. The molecule has 0 amide bonds. The van der Waals surface area contributed by atoms with E-state index in [0.29, 0.717) is 11.5 Å². The van der Waals surface area contributed by atoms with Crippen LogP contribution in [0.4, 0.5) is 0 Å². The Kier molecular flexibility index (Phi) is 5.08. The predicted molar refractivity (Wildman–Crippen MR) is 92.1 cm³/mol. The maximum Gasteiger partial charge on any atom is 0.335 e. The van der Waals surface area contributed by atoms with E-state index < -0.39 is 5.97 Å². The highest BCUT2D eigenvalue weighted by atomic mass is 32.1. The normalized spacial score (nSPS) is 18.9. The summed E-state index contributed by atoms with van der Waals surface area (Å²) >= 11 is 1.74. The lowest BCUT2D eigenvalue weighted by molar-refractivity contribution is 0.0696. The molecule has 1 aromatic heterocycles. The Bertz CT molecular complexity index is 683. The van der Waals surface area contributed by atoms with Gasteiger partial charge in [-0.25, -0.2) is 9.78 Å². The number of aromatic carboxylic acids is 1. The van der Waals surface area contributed by atoms with Gasteiger partial charge in [-0.15, -0.1) is 11.3 Å². The summed E-state index contributed by atoms with van der Waals surface area (Å²) in [5.41, 5.74) is 2.68. The molecule has 1 aliphatic rings. The summed E-state index contributed by atoms with van der Waals surface area (Å²) in [4.78, 5) is 18.3. The Morgan fingerprint density at radius 2 is 2.35 bits per heavy atom. The van der Waals surface area contributed by atoms with Crippen LogP contribution in [0, 0.1) is 0 Å². The van der Waals surface area contributed by atoms with Crippen molar-refractivity contribution in [3.63, 3.8) is 0 Å². The molecule has 4 nitrogen and oxygen atoms in total. The molecule has 1 atom stereocenters. The summed E-state index contributed by atoms with van der Waals surface area (Å²) in [6, 6.07) is 7.40. The lowest BCUT2D eigenvalue weighted by Crippen LogP contribution is -2.34. The lowest BCUT2D eigenvalue weighted by atomic mass is 9.89. The van der Waals surface area contributed by atoms with Crippen LogP contribution < -0.4 is 0 Å². The maximum absolute atomic E-state index is 11.2. The van der Waals surface area contributed by atoms with E-state index >= 15 is 0 Å². The van der Waals surface area contributed by atoms with Crippen molar-refractivity contribution in [1.82, 2.24) is 9.88 Å². The minimum atomic E-state index is -0.853. The van der Waals surface area contributed by atoms with Gasteiger partial charge in [-0.2, -0.15) is 0 Å². The molecule has 1 N–H and O–H groups in total. The van der Waals surface area contributed by atoms with E-state index in [2.05, 4.69) is 28.3 Å². The van der Waals surface area contributed by atoms with Crippen molar-refractivity contribution in [2.75, 3.05) is 13.1 Å². The van der Waals surface area contributed by atoms with Crippen LogP contribution in [0.1, 0.15) is 52.3 Å². The van der Waals surface area contributed by atoms with Gasteiger partial charge in [0.25, 0.3) is 0 Å². The fraction of sp³-hybridized carbons (Fsp3) is 0.444. The number of carboxylic acids is 1. The molecular formula is C18H22N2O2S. The minimum Gasteiger partial charge on any atom is -0.478 e. The fourth-order valence-corrected chi connectivity index (χ4v) is 3.95. The molecule has 5 heteroatoms. The van der Waals surface area contributed by atoms with Gasteiger partial charge in [0.15, 0.2) is 0 Å². The first kappa shape index (κ1) is 16.1. The first-order chi connectivity index (χ1) is 11.2. The van der Waals surface area contributed by atoms with Crippen molar-refractivity contribution in [3.8, 4) is 0 Å². The Balaban J connectivity index is 1.68. The number of carbonyl (C=O) groups is 1. The number of carboxylic acid groups (broad SMARTS) is 1. The van der Waals surface area contributed by atoms with Crippen LogP contribution in [0.15, 0.2) is 29.6 Å². The number of nitrogens with zero attached hydrogens (tertiary/aromatic N) is 2. The maximum atomic E-state index is 11.2. The number of rotatable bonds is 5. The van der Waals surface area contributed by atoms with Crippen molar-refractivity contribution in [2.45, 2.75) is 38.6 Å². The van der Waals surface area contributed by atoms with Gasteiger partial charge in [-0.05, 0) is 49.4 Å². The Hall–Kier alpha value is -1.72. The average Bonchev–Trinajstić information content (AvgIpc) is 3.03. The number of benzene rings is 1. The van der Waals surface area contributed by atoms with Crippen LogP contribution in [0.2, 0.25) is 0 Å². The minimum absolute atomic E-state index is 0.381. The quantitative estimate of drug-likeness (QED) is 0.906. The summed E-state index contributed by atoms with van der Waals surface area (Å²) in [6.45, 7) is 5.09. The molecular weight excluding hydrogens is 308 g/mol. The Labute approximate surface area is 140 Å². The van der Waals surface area contributed by atoms with Gasteiger partial charge in [0.1, 0.15) is 0 Å². The average molecular weight is 330 g/mol. The molecule has 1 aromatic carbocycles. The molecule has 2 heterocycles. The highest BCUT2D eigenvalue weighted by molar-refractivity contribution is 7.09. The van der Waals surface area contributed by atoms with Gasteiger partial charge < -0.3 is 5.11 Å². The number of likely N-dealkylation sites (tertiary alicyclic amines) is 1. The number of hydrogen-bond acceptors (Lipinski definition) is 4. The smallest absolute Gasteiger partial charge is 0.335 e. The number of aromatic nitrogens is 1. The zero-order valence-electron chi connectivity index (χ0n) is 13.4. The van der Waals surface area contributed by atoms with Crippen LogP contribution >= 0.6 is 11.3 Å². The fourth-order valence-electron chi connectivity index (χ4n) is 3.21. The van der Waals surface area contributed by atoms with Gasteiger partial charge in [0.05, 0.1) is 16.3 Å². The monoisotopic (exact) mass is 330 g/mol. The predicted octanol–water partition coefficient (Wildman–Crippen LogP) is 3.78. The molecule has 2 aromatic rings. The van der Waals surface area contributed by atoms with Crippen molar-refractivity contribution >= 4 is 17.3 Å². The van der Waals surface area contributed by atoms with E-state index in [-0.39, 0.29) is 0 Å². The first-order valence-electron chi connectivity index (χ1n) is 8.14. The van der Waals surface area contributed by atoms with E-state index in [4.69, 9.17) is 5.11 Å². The third-order valence-electron chi connectivity index (χ3n) is 4.40. The summed E-state index contributed by atoms with van der Waals surface area (Å²) in [6.07, 6.45) is 3.26. The van der Waals surface area contributed by atoms with Gasteiger partial charge in [0, 0.05) is 18.5 Å². The van der Waals surface area contributed by atoms with Gasteiger partial charge in [-0.3, -0.25) is 4.90 Å². The number of aryl methyl sites for hydroxylation is 1. The largest absolute Gasteiger partial charge is 0.478 e. The second-order valence-corrected chi connectivity index (χ2v) is 7.03. The zero-order chi connectivity index (χ0) is 16.2. The molecule has 1 saturated heterocycles. The molecule has 0 saturated carbocycles. The van der Waals surface area contributed by atoms with Crippen molar-refractivity contribution < 1.29 is 9.90 Å². The molecule has 23 heavy (non-hydrogen) atoms. The Morgan fingerprint density at radius 1 is 1.48 bits per heavy atom. The highest BCUT2D eigenvalue weighted by Crippen LogP contribution is 2.28. The van der Waals surface area contributed by atoms with Gasteiger partial charge in [0.2, 0.25) is 0 Å². The van der Waals surface area contributed by atoms with E-state index in [1.807, 2.05) is 12.1 Å². The van der Waals surface area contributed by atoms with Crippen LogP contribution in [-0.2, 0) is 13.0 Å². The highest BCUT2D eigenvalue weighted by Gasteiger charge is 2.22. The van der Waals surface area contributed by atoms with Crippen LogP contribution in [0.25, 0.3) is 0 Å². The Morgan fingerprint density at radius 3 is 3.09 bits per heavy atom. The molecule has 0 aliphatic carbocycles. The van der Waals surface area contributed by atoms with E-state index in [0.717, 1.165) is 50.2 Å². The molecule has 0 bridgehead atoms. The summed E-state index contributed by atoms with van der Waals surface area (Å²) < 4.78 is 0. The van der Waals surface area contributed by atoms with Crippen LogP contribution in [0.5, 0.6) is 0 Å². The van der Waals surface area contributed by atoms with E-state index in [9.17, 15) is 4.79 Å². The van der Waals surface area contributed by atoms with Crippen molar-refractivity contribution in [1.29, 1.82) is 0 Å². The number of hydrogen-bond donors (Lipinski definition) is 1. The van der Waals surface area contributed by atoms with Gasteiger partial charge >= 0.3 is 5.97 Å². The molecule has 0 radical (unpaired) electrons. The second kappa shape index (κ2) is 7.23. The molecule has 0 spiro atoms. The van der Waals surface area contributed by atoms with E-state index in [1.54, 1.807) is 17.4 Å². The molecule has 1 unspecified atom stereocenters. The third kappa shape index (κ3) is 3.98. The topological polar surface area (TPSA) is 53.4 Å². The van der Waals surface area contributed by atoms with Crippen molar-refractivity contribution in [2.24, 2.45) is 0 Å². The molecule has 3 rings (SSSR count). The third-order valence-corrected chi connectivity index (χ3v) is 5.44.